The van der Waals surface area contributed by atoms with Gasteiger partial charge in [0.05, 0.1) is 10.7 Å². The van der Waals surface area contributed by atoms with Gasteiger partial charge in [-0.25, -0.2) is 4.98 Å². The molecule has 0 aliphatic heterocycles. The molecular formula is C12H16N2S2. The molecule has 2 N–H and O–H groups in total. The second-order valence-electron chi connectivity index (χ2n) is 3.96. The van der Waals surface area contributed by atoms with Crippen LogP contribution in [0.5, 0.6) is 0 Å². The maximum atomic E-state index is 6.20. The minimum absolute atomic E-state index is 0.131. The number of rotatable bonds is 4. The normalized spacial score (nSPS) is 12.9. The molecule has 2 aromatic rings. The third-order valence-electron chi connectivity index (χ3n) is 2.60. The van der Waals surface area contributed by atoms with E-state index in [4.69, 9.17) is 5.73 Å². The van der Waals surface area contributed by atoms with Crippen LogP contribution in [0.15, 0.2) is 16.8 Å². The van der Waals surface area contributed by atoms with Gasteiger partial charge in [0, 0.05) is 10.9 Å². The highest BCUT2D eigenvalue weighted by Crippen LogP contribution is 2.26. The molecule has 0 saturated carbocycles. The van der Waals surface area contributed by atoms with Crippen molar-refractivity contribution in [3.8, 4) is 0 Å². The van der Waals surface area contributed by atoms with E-state index in [0.29, 0.717) is 0 Å². The first-order valence-electron chi connectivity index (χ1n) is 5.37. The lowest BCUT2D eigenvalue weighted by atomic mass is 10.1. The number of hydrogen-bond acceptors (Lipinski definition) is 4. The van der Waals surface area contributed by atoms with Crippen LogP contribution in [-0.2, 0) is 6.42 Å². The van der Waals surface area contributed by atoms with Gasteiger partial charge in [0.2, 0.25) is 0 Å². The van der Waals surface area contributed by atoms with Crippen molar-refractivity contribution in [1.29, 1.82) is 0 Å². The number of aromatic nitrogens is 1. The lowest BCUT2D eigenvalue weighted by molar-refractivity contribution is 0.658. The van der Waals surface area contributed by atoms with Crippen molar-refractivity contribution in [2.24, 2.45) is 5.73 Å². The number of nitrogens with zero attached hydrogens (tertiary/aromatic N) is 1. The first-order valence-corrected chi connectivity index (χ1v) is 7.13. The van der Waals surface area contributed by atoms with Crippen molar-refractivity contribution in [1.82, 2.24) is 4.98 Å². The molecule has 0 saturated heterocycles. The van der Waals surface area contributed by atoms with E-state index < -0.39 is 0 Å². The van der Waals surface area contributed by atoms with Crippen LogP contribution < -0.4 is 5.73 Å². The van der Waals surface area contributed by atoms with E-state index in [2.05, 4.69) is 21.8 Å². The topological polar surface area (TPSA) is 38.9 Å². The molecule has 0 bridgehead atoms. The van der Waals surface area contributed by atoms with E-state index in [-0.39, 0.29) is 6.04 Å². The number of thiophene rings is 1. The Morgan fingerprint density at radius 1 is 1.44 bits per heavy atom. The van der Waals surface area contributed by atoms with E-state index in [0.717, 1.165) is 23.5 Å². The van der Waals surface area contributed by atoms with Crippen LogP contribution in [0.2, 0.25) is 0 Å². The summed E-state index contributed by atoms with van der Waals surface area (Å²) >= 11 is 3.47. The van der Waals surface area contributed by atoms with Crippen molar-refractivity contribution in [2.75, 3.05) is 0 Å². The van der Waals surface area contributed by atoms with Gasteiger partial charge in [0.15, 0.2) is 0 Å². The molecule has 0 radical (unpaired) electrons. The van der Waals surface area contributed by atoms with Crippen LogP contribution in [0.25, 0.3) is 0 Å². The van der Waals surface area contributed by atoms with Crippen LogP contribution in [0.4, 0.5) is 0 Å². The lowest BCUT2D eigenvalue weighted by Gasteiger charge is -2.09. The zero-order chi connectivity index (χ0) is 11.5. The molecule has 0 aliphatic carbocycles. The second-order valence-corrected chi connectivity index (χ2v) is 5.97. The standard InChI is InChI=1S/C12H16N2S2/c1-8-12(16-9(2)14-8)11(13)4-3-10-5-6-15-7-10/h5-7,11H,3-4,13H2,1-2H3. The van der Waals surface area contributed by atoms with Gasteiger partial charge in [-0.05, 0) is 49.1 Å². The average molecular weight is 252 g/mol. The first-order chi connectivity index (χ1) is 7.66. The predicted octanol–water partition coefficient (Wildman–Crippen LogP) is 3.45. The molecule has 0 spiro atoms. The molecule has 1 unspecified atom stereocenters. The number of hydrogen-bond donors (Lipinski definition) is 1. The van der Waals surface area contributed by atoms with Gasteiger partial charge in [0.25, 0.3) is 0 Å². The molecule has 0 amide bonds. The van der Waals surface area contributed by atoms with Crippen molar-refractivity contribution in [3.05, 3.63) is 38.0 Å². The molecule has 16 heavy (non-hydrogen) atoms. The van der Waals surface area contributed by atoms with Gasteiger partial charge >= 0.3 is 0 Å². The van der Waals surface area contributed by atoms with Gasteiger partial charge in [-0.3, -0.25) is 0 Å². The number of aryl methyl sites for hydroxylation is 3. The quantitative estimate of drug-likeness (QED) is 0.905. The Hall–Kier alpha value is -0.710. The Bertz CT molecular complexity index is 446. The Morgan fingerprint density at radius 3 is 2.81 bits per heavy atom. The fourth-order valence-corrected chi connectivity index (χ4v) is 3.45. The average Bonchev–Trinajstić information content (AvgIpc) is 2.84. The highest BCUT2D eigenvalue weighted by molar-refractivity contribution is 7.11. The Balaban J connectivity index is 1.98. The van der Waals surface area contributed by atoms with Crippen LogP contribution in [-0.4, -0.2) is 4.98 Å². The summed E-state index contributed by atoms with van der Waals surface area (Å²) < 4.78 is 0. The van der Waals surface area contributed by atoms with E-state index >= 15 is 0 Å². The fourth-order valence-electron chi connectivity index (χ4n) is 1.78. The maximum Gasteiger partial charge on any atom is 0.0900 e. The van der Waals surface area contributed by atoms with Gasteiger partial charge < -0.3 is 5.73 Å². The summed E-state index contributed by atoms with van der Waals surface area (Å²) in [6.45, 7) is 4.08. The summed E-state index contributed by atoms with van der Waals surface area (Å²) in [5, 5.41) is 5.42. The van der Waals surface area contributed by atoms with Gasteiger partial charge in [-0.2, -0.15) is 11.3 Å². The van der Waals surface area contributed by atoms with Gasteiger partial charge in [0.1, 0.15) is 0 Å². The monoisotopic (exact) mass is 252 g/mol. The van der Waals surface area contributed by atoms with Crippen LogP contribution in [0.1, 0.15) is 33.6 Å². The first kappa shape index (κ1) is 11.8. The minimum Gasteiger partial charge on any atom is -0.323 e. The van der Waals surface area contributed by atoms with Crippen LogP contribution in [0.3, 0.4) is 0 Å². The molecule has 2 rings (SSSR count). The van der Waals surface area contributed by atoms with Crippen molar-refractivity contribution in [3.63, 3.8) is 0 Å². The SMILES string of the molecule is Cc1nc(C)c(C(N)CCc2ccsc2)s1. The third-order valence-corrected chi connectivity index (χ3v) is 4.54. The molecule has 0 fully saturated rings. The number of nitrogens with two attached hydrogens (primary N) is 1. The smallest absolute Gasteiger partial charge is 0.0900 e. The van der Waals surface area contributed by atoms with E-state index in [1.54, 1.807) is 22.7 Å². The lowest BCUT2D eigenvalue weighted by Crippen LogP contribution is -2.10. The predicted molar refractivity (Wildman–Crippen MR) is 71.2 cm³/mol. The fraction of sp³-hybridized carbons (Fsp3) is 0.417. The molecule has 0 aliphatic rings. The highest BCUT2D eigenvalue weighted by atomic mass is 32.1. The van der Waals surface area contributed by atoms with E-state index in [9.17, 15) is 0 Å². The Kier molecular flexibility index (Phi) is 3.74. The van der Waals surface area contributed by atoms with Crippen LogP contribution in [0, 0.1) is 13.8 Å². The summed E-state index contributed by atoms with van der Waals surface area (Å²) in [6, 6.07) is 2.30. The van der Waals surface area contributed by atoms with E-state index in [1.165, 1.54) is 10.4 Å². The van der Waals surface area contributed by atoms with Crippen LogP contribution >= 0.6 is 22.7 Å². The highest BCUT2D eigenvalue weighted by Gasteiger charge is 2.13. The third kappa shape index (κ3) is 2.70. The van der Waals surface area contributed by atoms with Gasteiger partial charge in [-0.1, -0.05) is 0 Å². The molecule has 2 aromatic heterocycles. The summed E-state index contributed by atoms with van der Waals surface area (Å²) in [5.41, 5.74) is 8.69. The summed E-state index contributed by atoms with van der Waals surface area (Å²) in [7, 11) is 0. The molecule has 86 valence electrons. The molecule has 2 nitrogen and oxygen atoms in total. The Labute approximate surface area is 104 Å². The van der Waals surface area contributed by atoms with Crippen molar-refractivity contribution < 1.29 is 0 Å². The zero-order valence-corrected chi connectivity index (χ0v) is 11.2. The largest absolute Gasteiger partial charge is 0.323 e. The molecular weight excluding hydrogens is 236 g/mol. The second kappa shape index (κ2) is 5.08. The molecule has 4 heteroatoms. The van der Waals surface area contributed by atoms with Gasteiger partial charge in [-0.15, -0.1) is 11.3 Å². The maximum absolute atomic E-state index is 6.20. The number of thiazole rings is 1. The molecule has 2 heterocycles. The zero-order valence-electron chi connectivity index (χ0n) is 9.56. The summed E-state index contributed by atoms with van der Waals surface area (Å²) in [6.07, 6.45) is 2.06. The molecule has 0 aromatic carbocycles. The Morgan fingerprint density at radius 2 is 2.25 bits per heavy atom. The van der Waals surface area contributed by atoms with Crippen molar-refractivity contribution >= 4 is 22.7 Å². The summed E-state index contributed by atoms with van der Waals surface area (Å²) in [4.78, 5) is 5.66. The van der Waals surface area contributed by atoms with E-state index in [1.807, 2.05) is 13.8 Å². The minimum atomic E-state index is 0.131. The van der Waals surface area contributed by atoms with Crippen molar-refractivity contribution in [2.45, 2.75) is 32.7 Å². The summed E-state index contributed by atoms with van der Waals surface area (Å²) in [5.74, 6) is 0. The molecule has 1 atom stereocenters.